The number of piperidine rings is 1. The molecule has 1 N–H and O–H groups in total. The molecule has 2 heterocycles. The molecule has 28 heavy (non-hydrogen) atoms. The molecule has 0 bridgehead atoms. The van der Waals surface area contributed by atoms with Gasteiger partial charge in [-0.15, -0.1) is 0 Å². The predicted octanol–water partition coefficient (Wildman–Crippen LogP) is 2.67. The Labute approximate surface area is 168 Å². The maximum absolute atomic E-state index is 12.9. The number of nitrogens with zero attached hydrogens (tertiary/aromatic N) is 3. The van der Waals surface area contributed by atoms with E-state index in [0.29, 0.717) is 13.1 Å². The molecule has 3 rings (SSSR count). The van der Waals surface area contributed by atoms with Crippen LogP contribution in [0.4, 0.5) is 0 Å². The zero-order valence-corrected chi connectivity index (χ0v) is 17.0. The van der Waals surface area contributed by atoms with Crippen LogP contribution in [-0.4, -0.2) is 59.1 Å². The lowest BCUT2D eigenvalue weighted by molar-refractivity contribution is -0.136. The van der Waals surface area contributed by atoms with Crippen LogP contribution in [0, 0.1) is 12.3 Å². The fraction of sp³-hybridized carbons (Fsp3) is 0.478. The van der Waals surface area contributed by atoms with Gasteiger partial charge in [-0.2, -0.15) is 0 Å². The Hall–Kier alpha value is -2.24. The van der Waals surface area contributed by atoms with E-state index in [1.54, 1.807) is 12.4 Å². The van der Waals surface area contributed by atoms with Crippen molar-refractivity contribution in [2.75, 3.05) is 33.3 Å². The van der Waals surface area contributed by atoms with Gasteiger partial charge in [0.2, 0.25) is 5.91 Å². The third kappa shape index (κ3) is 5.18. The Kier molecular flexibility index (Phi) is 6.81. The SMILES string of the molecule is Cc1ccccc1C[C@]1(CO)CCCN(C(=O)CN(C)Cc2ccncc2)C1. The number of rotatable bonds is 7. The summed E-state index contributed by atoms with van der Waals surface area (Å²) in [7, 11) is 1.97. The van der Waals surface area contributed by atoms with Gasteiger partial charge in [0.1, 0.15) is 0 Å². The van der Waals surface area contributed by atoms with Crippen LogP contribution < -0.4 is 0 Å². The second kappa shape index (κ2) is 9.30. The molecule has 0 saturated carbocycles. The average molecular weight is 382 g/mol. The number of aliphatic hydroxyl groups excluding tert-OH is 1. The summed E-state index contributed by atoms with van der Waals surface area (Å²) in [6, 6.07) is 12.3. The first-order chi connectivity index (χ1) is 13.5. The maximum Gasteiger partial charge on any atom is 0.236 e. The van der Waals surface area contributed by atoms with E-state index >= 15 is 0 Å². The number of likely N-dealkylation sites (N-methyl/N-ethyl adjacent to an activating group) is 1. The predicted molar refractivity (Wildman–Crippen MR) is 111 cm³/mol. The van der Waals surface area contributed by atoms with E-state index in [4.69, 9.17) is 0 Å². The molecule has 1 amide bonds. The molecule has 0 spiro atoms. The number of amides is 1. The lowest BCUT2D eigenvalue weighted by atomic mass is 9.75. The number of carbonyl (C=O) groups is 1. The van der Waals surface area contributed by atoms with E-state index in [9.17, 15) is 9.90 Å². The Morgan fingerprint density at radius 2 is 2.00 bits per heavy atom. The van der Waals surface area contributed by atoms with Crippen molar-refractivity contribution in [3.05, 3.63) is 65.5 Å². The number of aliphatic hydroxyl groups is 1. The van der Waals surface area contributed by atoms with Gasteiger partial charge in [0.05, 0.1) is 13.2 Å². The van der Waals surface area contributed by atoms with Crippen LogP contribution in [0.15, 0.2) is 48.8 Å². The highest BCUT2D eigenvalue weighted by molar-refractivity contribution is 5.78. The summed E-state index contributed by atoms with van der Waals surface area (Å²) in [5.41, 5.74) is 3.41. The smallest absolute Gasteiger partial charge is 0.236 e. The molecule has 0 aliphatic carbocycles. The Bertz CT molecular complexity index is 780. The molecular weight excluding hydrogens is 350 g/mol. The summed E-state index contributed by atoms with van der Waals surface area (Å²) in [5, 5.41) is 10.2. The van der Waals surface area contributed by atoms with Crippen molar-refractivity contribution < 1.29 is 9.90 Å². The van der Waals surface area contributed by atoms with Crippen molar-refractivity contribution >= 4 is 5.91 Å². The standard InChI is InChI=1S/C23H31N3O2/c1-19-6-3-4-7-21(19)14-23(18-27)10-5-13-26(17-23)22(28)16-25(2)15-20-8-11-24-12-9-20/h3-4,6-9,11-12,27H,5,10,13-18H2,1-2H3/t23-/m1/s1. The molecule has 1 aromatic carbocycles. The third-order valence-electron chi connectivity index (χ3n) is 5.78. The van der Waals surface area contributed by atoms with E-state index in [-0.39, 0.29) is 17.9 Å². The topological polar surface area (TPSA) is 56.7 Å². The number of pyridine rings is 1. The van der Waals surface area contributed by atoms with Crippen LogP contribution in [0.5, 0.6) is 0 Å². The van der Waals surface area contributed by atoms with Crippen LogP contribution in [-0.2, 0) is 17.8 Å². The first kappa shape index (κ1) is 20.5. The lowest BCUT2D eigenvalue weighted by Gasteiger charge is -2.42. The van der Waals surface area contributed by atoms with Crippen LogP contribution in [0.1, 0.15) is 29.5 Å². The van der Waals surface area contributed by atoms with Gasteiger partial charge in [0.15, 0.2) is 0 Å². The number of aromatic nitrogens is 1. The second-order valence-corrected chi connectivity index (χ2v) is 8.21. The van der Waals surface area contributed by atoms with Gasteiger partial charge in [-0.25, -0.2) is 0 Å². The molecule has 1 aromatic heterocycles. The van der Waals surface area contributed by atoms with E-state index in [0.717, 1.165) is 37.9 Å². The minimum atomic E-state index is -0.246. The van der Waals surface area contributed by atoms with Crippen LogP contribution in [0.3, 0.4) is 0 Å². The third-order valence-corrected chi connectivity index (χ3v) is 5.78. The monoisotopic (exact) mass is 381 g/mol. The first-order valence-electron chi connectivity index (χ1n) is 10.0. The van der Waals surface area contributed by atoms with Crippen LogP contribution in [0.25, 0.3) is 0 Å². The Morgan fingerprint density at radius 3 is 2.71 bits per heavy atom. The Morgan fingerprint density at radius 1 is 1.25 bits per heavy atom. The zero-order chi connectivity index (χ0) is 20.0. The molecule has 1 saturated heterocycles. The Balaban J connectivity index is 1.62. The molecule has 1 aliphatic rings. The minimum absolute atomic E-state index is 0.109. The number of benzene rings is 1. The van der Waals surface area contributed by atoms with Crippen molar-refractivity contribution in [3.63, 3.8) is 0 Å². The highest BCUT2D eigenvalue weighted by Gasteiger charge is 2.37. The van der Waals surface area contributed by atoms with Crippen LogP contribution in [0.2, 0.25) is 0 Å². The summed E-state index contributed by atoms with van der Waals surface area (Å²) in [5.74, 6) is 0.138. The van der Waals surface area contributed by atoms with E-state index in [2.05, 4.69) is 24.0 Å². The molecule has 0 radical (unpaired) electrons. The molecule has 5 nitrogen and oxygen atoms in total. The zero-order valence-electron chi connectivity index (χ0n) is 17.0. The number of hydrogen-bond acceptors (Lipinski definition) is 4. The second-order valence-electron chi connectivity index (χ2n) is 8.21. The summed E-state index contributed by atoms with van der Waals surface area (Å²) < 4.78 is 0. The maximum atomic E-state index is 12.9. The number of aryl methyl sites for hydroxylation is 1. The van der Waals surface area contributed by atoms with Gasteiger partial charge in [-0.05, 0) is 62.1 Å². The normalized spacial score (nSPS) is 19.8. The number of carbonyl (C=O) groups excluding carboxylic acids is 1. The van der Waals surface area contributed by atoms with Crippen molar-refractivity contribution in [2.24, 2.45) is 5.41 Å². The number of hydrogen-bond donors (Lipinski definition) is 1. The van der Waals surface area contributed by atoms with Gasteiger partial charge in [-0.3, -0.25) is 14.7 Å². The molecule has 2 aromatic rings. The minimum Gasteiger partial charge on any atom is -0.396 e. The molecular formula is C23H31N3O2. The van der Waals surface area contributed by atoms with Crippen LogP contribution >= 0.6 is 0 Å². The highest BCUT2D eigenvalue weighted by Crippen LogP contribution is 2.34. The molecule has 1 fully saturated rings. The van der Waals surface area contributed by atoms with Crippen molar-refractivity contribution in [1.82, 2.24) is 14.8 Å². The lowest BCUT2D eigenvalue weighted by Crippen LogP contribution is -2.51. The van der Waals surface area contributed by atoms with Gasteiger partial charge in [0, 0.05) is 37.4 Å². The van der Waals surface area contributed by atoms with E-state index < -0.39 is 0 Å². The fourth-order valence-electron chi connectivity index (χ4n) is 4.15. The summed E-state index contributed by atoms with van der Waals surface area (Å²) in [4.78, 5) is 20.9. The van der Waals surface area contributed by atoms with Crippen molar-refractivity contribution in [2.45, 2.75) is 32.7 Å². The van der Waals surface area contributed by atoms with Crippen molar-refractivity contribution in [3.8, 4) is 0 Å². The molecule has 1 aliphatic heterocycles. The average Bonchev–Trinajstić information content (AvgIpc) is 2.70. The van der Waals surface area contributed by atoms with E-state index in [1.807, 2.05) is 41.1 Å². The van der Waals surface area contributed by atoms with E-state index in [1.165, 1.54) is 11.1 Å². The van der Waals surface area contributed by atoms with Crippen molar-refractivity contribution in [1.29, 1.82) is 0 Å². The summed E-state index contributed by atoms with van der Waals surface area (Å²) in [6.07, 6.45) is 6.25. The van der Waals surface area contributed by atoms with Gasteiger partial charge < -0.3 is 10.0 Å². The molecule has 150 valence electrons. The summed E-state index contributed by atoms with van der Waals surface area (Å²) in [6.45, 7) is 4.72. The van der Waals surface area contributed by atoms with Gasteiger partial charge in [-0.1, -0.05) is 24.3 Å². The van der Waals surface area contributed by atoms with Gasteiger partial charge >= 0.3 is 0 Å². The molecule has 0 unspecified atom stereocenters. The quantitative estimate of drug-likeness (QED) is 0.801. The largest absolute Gasteiger partial charge is 0.396 e. The highest BCUT2D eigenvalue weighted by atomic mass is 16.3. The summed E-state index contributed by atoms with van der Waals surface area (Å²) >= 11 is 0. The molecule has 5 heteroatoms. The first-order valence-corrected chi connectivity index (χ1v) is 10.0. The van der Waals surface area contributed by atoms with Gasteiger partial charge in [0.25, 0.3) is 0 Å². The fourth-order valence-corrected chi connectivity index (χ4v) is 4.15. The number of likely N-dealkylation sites (tertiary alicyclic amines) is 1. The molecule has 1 atom stereocenters.